The van der Waals surface area contributed by atoms with Gasteiger partial charge in [0, 0.05) is 43.0 Å². The van der Waals surface area contributed by atoms with E-state index in [9.17, 15) is 9.59 Å². The molecule has 0 spiro atoms. The first-order valence-corrected chi connectivity index (χ1v) is 11.2. The van der Waals surface area contributed by atoms with E-state index in [0.29, 0.717) is 29.0 Å². The highest BCUT2D eigenvalue weighted by atomic mass is 35.5. The molecule has 1 amide bonds. The van der Waals surface area contributed by atoms with Crippen LogP contribution in [-0.4, -0.2) is 63.9 Å². The van der Waals surface area contributed by atoms with E-state index in [-0.39, 0.29) is 23.9 Å². The summed E-state index contributed by atoms with van der Waals surface area (Å²) in [4.78, 5) is 40.9. The molecule has 1 aliphatic rings. The third-order valence-electron chi connectivity index (χ3n) is 5.89. The standard InChI is InChI=1S/C23H23N5O2S.ClH/c1-14-9-15(3-5-28-7-6-27(2)20(29)13-28)10-17-21(14)25-22(26-23(17)30)18-11-19-16(12-24-18)4-8-31-19;/h4,8-12H,3,5-7,13H2,1-2H3,(H,25,26,30);1H. The Hall–Kier alpha value is -2.81. The highest BCUT2D eigenvalue weighted by Crippen LogP contribution is 2.25. The lowest BCUT2D eigenvalue weighted by Crippen LogP contribution is -2.48. The zero-order valence-corrected chi connectivity index (χ0v) is 19.6. The molecule has 0 saturated carbocycles. The number of piperazine rings is 1. The third kappa shape index (κ3) is 4.26. The molecule has 0 atom stereocenters. The van der Waals surface area contributed by atoms with Gasteiger partial charge in [-0.15, -0.1) is 23.7 Å². The topological polar surface area (TPSA) is 82.2 Å². The van der Waals surface area contributed by atoms with E-state index in [1.54, 1.807) is 16.2 Å². The average molecular weight is 470 g/mol. The fourth-order valence-electron chi connectivity index (χ4n) is 4.03. The quantitative estimate of drug-likeness (QED) is 0.496. The second-order valence-electron chi connectivity index (χ2n) is 8.09. The molecule has 7 nitrogen and oxygen atoms in total. The van der Waals surface area contributed by atoms with Gasteiger partial charge in [0.05, 0.1) is 17.4 Å². The first kappa shape index (κ1) is 22.4. The molecule has 0 aliphatic carbocycles. The predicted molar refractivity (Wildman–Crippen MR) is 131 cm³/mol. The number of benzene rings is 1. The normalized spacial score (nSPS) is 14.8. The summed E-state index contributed by atoms with van der Waals surface area (Å²) in [6, 6.07) is 8.00. The number of pyridine rings is 1. The molecule has 1 fully saturated rings. The molecule has 0 unspecified atom stereocenters. The molecule has 1 aliphatic heterocycles. The number of amides is 1. The Morgan fingerprint density at radius 3 is 2.84 bits per heavy atom. The molecule has 1 aromatic carbocycles. The Labute approximate surface area is 195 Å². The molecule has 0 radical (unpaired) electrons. The fourth-order valence-corrected chi connectivity index (χ4v) is 4.82. The zero-order valence-electron chi connectivity index (χ0n) is 17.9. The van der Waals surface area contributed by atoms with Gasteiger partial charge >= 0.3 is 0 Å². The summed E-state index contributed by atoms with van der Waals surface area (Å²) in [7, 11) is 1.84. The number of nitrogens with one attached hydrogen (secondary N) is 1. The van der Waals surface area contributed by atoms with Crippen LogP contribution < -0.4 is 5.56 Å². The lowest BCUT2D eigenvalue weighted by molar-refractivity contribution is -0.134. The molecule has 4 heterocycles. The third-order valence-corrected chi connectivity index (χ3v) is 6.77. The number of fused-ring (bicyclic) bond motifs is 2. The first-order chi connectivity index (χ1) is 15.0. The van der Waals surface area contributed by atoms with Gasteiger partial charge in [-0.1, -0.05) is 6.07 Å². The minimum Gasteiger partial charge on any atom is -0.343 e. The van der Waals surface area contributed by atoms with Crippen LogP contribution in [0.25, 0.3) is 32.5 Å². The lowest BCUT2D eigenvalue weighted by atomic mass is 10.0. The van der Waals surface area contributed by atoms with Gasteiger partial charge < -0.3 is 9.88 Å². The van der Waals surface area contributed by atoms with E-state index in [2.05, 4.69) is 20.9 Å². The maximum absolute atomic E-state index is 12.9. The van der Waals surface area contributed by atoms with Gasteiger partial charge in [0.2, 0.25) is 5.91 Å². The monoisotopic (exact) mass is 469 g/mol. The lowest BCUT2D eigenvalue weighted by Gasteiger charge is -2.31. The number of halogens is 1. The van der Waals surface area contributed by atoms with Crippen molar-refractivity contribution in [3.63, 3.8) is 0 Å². The van der Waals surface area contributed by atoms with Crippen molar-refractivity contribution in [3.05, 3.63) is 57.3 Å². The molecule has 1 N–H and O–H groups in total. The molecule has 1 saturated heterocycles. The summed E-state index contributed by atoms with van der Waals surface area (Å²) in [5, 5.41) is 3.70. The number of aromatic nitrogens is 3. The van der Waals surface area contributed by atoms with Crippen molar-refractivity contribution in [3.8, 4) is 11.5 Å². The summed E-state index contributed by atoms with van der Waals surface area (Å²) < 4.78 is 1.11. The maximum atomic E-state index is 12.9. The van der Waals surface area contributed by atoms with E-state index >= 15 is 0 Å². The van der Waals surface area contributed by atoms with Gasteiger partial charge in [0.1, 0.15) is 5.69 Å². The zero-order chi connectivity index (χ0) is 21.5. The van der Waals surface area contributed by atoms with Crippen molar-refractivity contribution in [1.82, 2.24) is 24.8 Å². The average Bonchev–Trinajstić information content (AvgIpc) is 3.23. The minimum atomic E-state index is -0.159. The van der Waals surface area contributed by atoms with Crippen LogP contribution in [0.3, 0.4) is 0 Å². The molecule has 166 valence electrons. The summed E-state index contributed by atoms with van der Waals surface area (Å²) in [5.74, 6) is 0.642. The van der Waals surface area contributed by atoms with Crippen LogP contribution in [0.4, 0.5) is 0 Å². The number of rotatable bonds is 4. The van der Waals surface area contributed by atoms with Crippen molar-refractivity contribution in [2.24, 2.45) is 0 Å². The maximum Gasteiger partial charge on any atom is 0.259 e. The van der Waals surface area contributed by atoms with E-state index in [4.69, 9.17) is 4.98 Å². The SMILES string of the molecule is Cc1cc(CCN2CCN(C)C(=O)C2)cc2c(=O)[nH]c(-c3cc4sccc4cn3)nc12.Cl. The molecule has 4 aromatic rings. The second-order valence-corrected chi connectivity index (χ2v) is 9.04. The molecule has 3 aromatic heterocycles. The van der Waals surface area contributed by atoms with Crippen LogP contribution in [0.15, 0.2) is 40.6 Å². The second kappa shape index (κ2) is 8.97. The van der Waals surface area contributed by atoms with Crippen LogP contribution in [0.5, 0.6) is 0 Å². The van der Waals surface area contributed by atoms with Crippen molar-refractivity contribution in [2.45, 2.75) is 13.3 Å². The Morgan fingerprint density at radius 2 is 2.03 bits per heavy atom. The van der Waals surface area contributed by atoms with Crippen molar-refractivity contribution >= 4 is 50.6 Å². The highest BCUT2D eigenvalue weighted by Gasteiger charge is 2.20. The molecule has 0 bridgehead atoms. The van der Waals surface area contributed by atoms with Crippen molar-refractivity contribution < 1.29 is 4.79 Å². The van der Waals surface area contributed by atoms with Gasteiger partial charge in [0.15, 0.2) is 5.82 Å². The number of aromatic amines is 1. The summed E-state index contributed by atoms with van der Waals surface area (Å²) >= 11 is 1.64. The summed E-state index contributed by atoms with van der Waals surface area (Å²) in [6.45, 7) is 4.86. The summed E-state index contributed by atoms with van der Waals surface area (Å²) in [6.07, 6.45) is 2.59. The van der Waals surface area contributed by atoms with E-state index < -0.39 is 0 Å². The van der Waals surface area contributed by atoms with Gasteiger partial charge in [-0.2, -0.15) is 0 Å². The number of H-pyrrole nitrogens is 1. The van der Waals surface area contributed by atoms with E-state index in [0.717, 1.165) is 47.3 Å². The predicted octanol–water partition coefficient (Wildman–Crippen LogP) is 3.25. The molecular formula is C23H24ClN5O2S. The van der Waals surface area contributed by atoms with Crippen molar-refractivity contribution in [1.29, 1.82) is 0 Å². The summed E-state index contributed by atoms with van der Waals surface area (Å²) in [5.41, 5.74) is 3.25. The largest absolute Gasteiger partial charge is 0.343 e. The van der Waals surface area contributed by atoms with Gasteiger partial charge in [-0.05, 0) is 48.1 Å². The van der Waals surface area contributed by atoms with E-state index in [1.807, 2.05) is 43.7 Å². The van der Waals surface area contributed by atoms with Crippen LogP contribution in [0, 0.1) is 6.92 Å². The molecule has 9 heteroatoms. The Kier molecular flexibility index (Phi) is 6.28. The van der Waals surface area contributed by atoms with Crippen LogP contribution in [0.2, 0.25) is 0 Å². The van der Waals surface area contributed by atoms with E-state index in [1.165, 1.54) is 0 Å². The number of carbonyl (C=O) groups excluding carboxylic acids is 1. The number of hydrogen-bond donors (Lipinski definition) is 1. The Balaban J connectivity index is 0.00000245. The first-order valence-electron chi connectivity index (χ1n) is 10.3. The Morgan fingerprint density at radius 1 is 1.19 bits per heavy atom. The molecule has 32 heavy (non-hydrogen) atoms. The van der Waals surface area contributed by atoms with Crippen LogP contribution >= 0.6 is 23.7 Å². The van der Waals surface area contributed by atoms with Gasteiger partial charge in [-0.25, -0.2) is 4.98 Å². The minimum absolute atomic E-state index is 0. The number of hydrogen-bond acceptors (Lipinski definition) is 6. The molecule has 5 rings (SSSR count). The van der Waals surface area contributed by atoms with Crippen LogP contribution in [0.1, 0.15) is 11.1 Å². The van der Waals surface area contributed by atoms with Crippen molar-refractivity contribution in [2.75, 3.05) is 33.2 Å². The number of nitrogens with zero attached hydrogens (tertiary/aromatic N) is 4. The van der Waals surface area contributed by atoms with Gasteiger partial charge in [0.25, 0.3) is 5.56 Å². The highest BCUT2D eigenvalue weighted by molar-refractivity contribution is 7.17. The number of carbonyl (C=O) groups is 1. The Bertz CT molecular complexity index is 1370. The van der Waals surface area contributed by atoms with Crippen LogP contribution in [-0.2, 0) is 11.2 Å². The number of thiophene rings is 1. The number of likely N-dealkylation sites (N-methyl/N-ethyl adjacent to an activating group) is 1. The number of aryl methyl sites for hydroxylation is 1. The fraction of sp³-hybridized carbons (Fsp3) is 0.304. The molecular weight excluding hydrogens is 446 g/mol. The smallest absolute Gasteiger partial charge is 0.259 e. The van der Waals surface area contributed by atoms with Gasteiger partial charge in [-0.3, -0.25) is 19.5 Å².